The second-order valence-corrected chi connectivity index (χ2v) is 3.58. The molecule has 0 saturated carbocycles. The summed E-state index contributed by atoms with van der Waals surface area (Å²) >= 11 is 8.99. The third kappa shape index (κ3) is 3.00. The number of hydrogen-bond donors (Lipinski definition) is 0. The van der Waals surface area contributed by atoms with Crippen LogP contribution in [0.1, 0.15) is 5.56 Å². The lowest BCUT2D eigenvalue weighted by Gasteiger charge is -1.98. The molecule has 0 N–H and O–H groups in total. The molecule has 0 unspecified atom stereocenters. The highest BCUT2D eigenvalue weighted by atomic mass is 79.9. The highest BCUT2D eigenvalue weighted by Crippen LogP contribution is 2.16. The Labute approximate surface area is 86.4 Å². The summed E-state index contributed by atoms with van der Waals surface area (Å²) in [6.45, 7) is 0. The average Bonchev–Trinajstić information content (AvgIpc) is 2.09. The molecule has 1 rings (SSSR count). The molecule has 0 aliphatic heterocycles. The van der Waals surface area contributed by atoms with Crippen molar-refractivity contribution in [2.45, 2.75) is 6.42 Å². The van der Waals surface area contributed by atoms with Crippen molar-refractivity contribution < 1.29 is 0 Å². The lowest BCUT2D eigenvalue weighted by atomic mass is 10.1. The molecule has 2 heteroatoms. The standard InChI is InChI=1S/C10H10BrCl/c11-10-7-2-1-5-9(10)6-3-4-8-12/h1-5,7H,6,8H2/b4-3+. The van der Waals surface area contributed by atoms with Gasteiger partial charge in [0, 0.05) is 10.4 Å². The predicted octanol–water partition coefficient (Wildman–Crippen LogP) is 3.79. The summed E-state index contributed by atoms with van der Waals surface area (Å²) in [5.41, 5.74) is 1.29. The zero-order chi connectivity index (χ0) is 8.81. The fraction of sp³-hybridized carbons (Fsp3) is 0.200. The summed E-state index contributed by atoms with van der Waals surface area (Å²) < 4.78 is 1.16. The summed E-state index contributed by atoms with van der Waals surface area (Å²) in [6, 6.07) is 8.19. The van der Waals surface area contributed by atoms with Gasteiger partial charge in [0.1, 0.15) is 0 Å². The van der Waals surface area contributed by atoms with Crippen LogP contribution in [0.15, 0.2) is 40.9 Å². The minimum atomic E-state index is 0.588. The van der Waals surface area contributed by atoms with Crippen LogP contribution in [0.2, 0.25) is 0 Å². The van der Waals surface area contributed by atoms with Crippen molar-refractivity contribution in [2.75, 3.05) is 5.88 Å². The molecule has 1 aromatic carbocycles. The Bertz CT molecular complexity index is 268. The summed E-state index contributed by atoms with van der Waals surface area (Å²) in [7, 11) is 0. The van der Waals surface area contributed by atoms with Crippen molar-refractivity contribution in [1.29, 1.82) is 0 Å². The van der Waals surface area contributed by atoms with Gasteiger partial charge in [-0.25, -0.2) is 0 Å². The van der Waals surface area contributed by atoms with Gasteiger partial charge in [0.2, 0.25) is 0 Å². The van der Waals surface area contributed by atoms with E-state index in [9.17, 15) is 0 Å². The summed E-state index contributed by atoms with van der Waals surface area (Å²) in [5, 5.41) is 0. The smallest absolute Gasteiger partial charge is 0.0404 e. The Morgan fingerprint density at radius 1 is 1.25 bits per heavy atom. The van der Waals surface area contributed by atoms with Crippen molar-refractivity contribution in [3.63, 3.8) is 0 Å². The van der Waals surface area contributed by atoms with Gasteiger partial charge < -0.3 is 0 Å². The molecule has 0 nitrogen and oxygen atoms in total. The van der Waals surface area contributed by atoms with Gasteiger partial charge in [-0.2, -0.15) is 0 Å². The SMILES string of the molecule is ClC/C=C/Cc1ccccc1Br. The van der Waals surface area contributed by atoms with E-state index in [1.807, 2.05) is 24.3 Å². The van der Waals surface area contributed by atoms with E-state index in [2.05, 4.69) is 28.1 Å². The van der Waals surface area contributed by atoms with Crippen molar-refractivity contribution in [2.24, 2.45) is 0 Å². The van der Waals surface area contributed by atoms with E-state index in [0.29, 0.717) is 5.88 Å². The van der Waals surface area contributed by atoms with E-state index in [4.69, 9.17) is 11.6 Å². The van der Waals surface area contributed by atoms with Crippen LogP contribution >= 0.6 is 27.5 Å². The van der Waals surface area contributed by atoms with E-state index in [0.717, 1.165) is 10.9 Å². The first-order chi connectivity index (χ1) is 5.84. The van der Waals surface area contributed by atoms with Gasteiger partial charge >= 0.3 is 0 Å². The van der Waals surface area contributed by atoms with Crippen LogP contribution < -0.4 is 0 Å². The Kier molecular flexibility index (Phi) is 4.41. The van der Waals surface area contributed by atoms with Gasteiger partial charge in [-0.1, -0.05) is 46.3 Å². The molecule has 0 aliphatic carbocycles. The van der Waals surface area contributed by atoms with Crippen LogP contribution in [0.5, 0.6) is 0 Å². The Morgan fingerprint density at radius 2 is 2.00 bits per heavy atom. The third-order valence-electron chi connectivity index (χ3n) is 1.55. The highest BCUT2D eigenvalue weighted by molar-refractivity contribution is 9.10. The van der Waals surface area contributed by atoms with Gasteiger partial charge in [0.25, 0.3) is 0 Å². The molecule has 0 radical (unpaired) electrons. The van der Waals surface area contributed by atoms with E-state index in [1.54, 1.807) is 0 Å². The second-order valence-electron chi connectivity index (χ2n) is 2.42. The number of allylic oxidation sites excluding steroid dienone is 2. The molecule has 12 heavy (non-hydrogen) atoms. The molecule has 0 spiro atoms. The van der Waals surface area contributed by atoms with Crippen LogP contribution in [-0.2, 0) is 6.42 Å². The Morgan fingerprint density at radius 3 is 2.67 bits per heavy atom. The van der Waals surface area contributed by atoms with Gasteiger partial charge in [-0.3, -0.25) is 0 Å². The van der Waals surface area contributed by atoms with Crippen molar-refractivity contribution in [3.8, 4) is 0 Å². The van der Waals surface area contributed by atoms with Crippen molar-refractivity contribution in [1.82, 2.24) is 0 Å². The molecular formula is C10H10BrCl. The molecule has 0 aromatic heterocycles. The molecule has 0 heterocycles. The first-order valence-corrected chi connectivity index (χ1v) is 5.11. The molecule has 0 bridgehead atoms. The lowest BCUT2D eigenvalue weighted by Crippen LogP contribution is -1.81. The summed E-state index contributed by atoms with van der Waals surface area (Å²) in [6.07, 6.45) is 4.97. The van der Waals surface area contributed by atoms with E-state index < -0.39 is 0 Å². The summed E-state index contributed by atoms with van der Waals surface area (Å²) in [4.78, 5) is 0. The van der Waals surface area contributed by atoms with Gasteiger partial charge in [-0.05, 0) is 18.1 Å². The van der Waals surface area contributed by atoms with Gasteiger partial charge in [0.05, 0.1) is 0 Å². The topological polar surface area (TPSA) is 0 Å². The second kappa shape index (κ2) is 5.39. The lowest BCUT2D eigenvalue weighted by molar-refractivity contribution is 1.24. The maximum absolute atomic E-state index is 5.51. The first-order valence-electron chi connectivity index (χ1n) is 3.79. The monoisotopic (exact) mass is 244 g/mol. The average molecular weight is 246 g/mol. The predicted molar refractivity (Wildman–Crippen MR) is 57.7 cm³/mol. The Hall–Kier alpha value is -0.270. The van der Waals surface area contributed by atoms with Crippen LogP contribution in [0.4, 0.5) is 0 Å². The van der Waals surface area contributed by atoms with Crippen LogP contribution in [0, 0.1) is 0 Å². The zero-order valence-corrected chi connectivity index (χ0v) is 8.98. The molecule has 1 aromatic rings. The molecule has 0 aliphatic rings. The third-order valence-corrected chi connectivity index (χ3v) is 2.50. The van der Waals surface area contributed by atoms with E-state index in [1.165, 1.54) is 5.56 Å². The molecular weight excluding hydrogens is 235 g/mol. The number of rotatable bonds is 3. The van der Waals surface area contributed by atoms with Gasteiger partial charge in [-0.15, -0.1) is 11.6 Å². The maximum Gasteiger partial charge on any atom is 0.0404 e. The largest absolute Gasteiger partial charge is 0.122 e. The minimum Gasteiger partial charge on any atom is -0.122 e. The molecule has 0 atom stereocenters. The summed E-state index contributed by atoms with van der Waals surface area (Å²) in [5.74, 6) is 0.588. The fourth-order valence-electron chi connectivity index (χ4n) is 0.937. The van der Waals surface area contributed by atoms with Crippen LogP contribution in [0.3, 0.4) is 0 Å². The minimum absolute atomic E-state index is 0.588. The van der Waals surface area contributed by atoms with E-state index in [-0.39, 0.29) is 0 Å². The van der Waals surface area contributed by atoms with Gasteiger partial charge in [0.15, 0.2) is 0 Å². The maximum atomic E-state index is 5.51. The fourth-order valence-corrected chi connectivity index (χ4v) is 1.51. The zero-order valence-electron chi connectivity index (χ0n) is 6.63. The number of hydrogen-bond acceptors (Lipinski definition) is 0. The molecule has 0 amide bonds. The quantitative estimate of drug-likeness (QED) is 0.561. The molecule has 64 valence electrons. The molecule has 0 saturated heterocycles. The highest BCUT2D eigenvalue weighted by Gasteiger charge is 1.93. The normalized spacial score (nSPS) is 10.8. The van der Waals surface area contributed by atoms with Crippen molar-refractivity contribution >= 4 is 27.5 Å². The number of alkyl halides is 1. The van der Waals surface area contributed by atoms with Crippen LogP contribution in [0.25, 0.3) is 0 Å². The van der Waals surface area contributed by atoms with Crippen LogP contribution in [-0.4, -0.2) is 5.88 Å². The number of halogens is 2. The first kappa shape index (κ1) is 9.82. The number of benzene rings is 1. The van der Waals surface area contributed by atoms with Crippen molar-refractivity contribution in [3.05, 3.63) is 46.5 Å². The van der Waals surface area contributed by atoms with E-state index >= 15 is 0 Å². The molecule has 0 fully saturated rings. The Balaban J connectivity index is 2.63.